The maximum absolute atomic E-state index is 13.0. The minimum absolute atomic E-state index is 0.134. The molecule has 2 aliphatic rings. The van der Waals surface area contributed by atoms with Gasteiger partial charge in [0.25, 0.3) is 0 Å². The third-order valence-corrected chi connectivity index (χ3v) is 6.73. The fourth-order valence-electron chi connectivity index (χ4n) is 3.56. The first-order chi connectivity index (χ1) is 10.1. The highest BCUT2D eigenvalue weighted by Gasteiger charge is 2.31. The Morgan fingerprint density at radius 2 is 1.90 bits per heavy atom. The van der Waals surface area contributed by atoms with E-state index in [-0.39, 0.29) is 6.04 Å². The van der Waals surface area contributed by atoms with Crippen LogP contribution in [0.1, 0.15) is 37.3 Å². The van der Waals surface area contributed by atoms with Crippen LogP contribution in [-0.2, 0) is 22.9 Å². The van der Waals surface area contributed by atoms with E-state index in [4.69, 9.17) is 0 Å². The summed E-state index contributed by atoms with van der Waals surface area (Å²) in [5.41, 5.74) is 2.54. The Bertz CT molecular complexity index is 607. The van der Waals surface area contributed by atoms with E-state index in [1.807, 2.05) is 19.1 Å². The van der Waals surface area contributed by atoms with Gasteiger partial charge in [-0.3, -0.25) is 0 Å². The van der Waals surface area contributed by atoms with Crippen LogP contribution in [0.2, 0.25) is 0 Å². The molecule has 1 saturated heterocycles. The number of rotatable bonds is 4. The summed E-state index contributed by atoms with van der Waals surface area (Å²) in [6.45, 7) is 4.29. The molecule has 5 heteroatoms. The van der Waals surface area contributed by atoms with Gasteiger partial charge in [0.2, 0.25) is 10.0 Å². The summed E-state index contributed by atoms with van der Waals surface area (Å²) in [6.07, 6.45) is 5.04. The van der Waals surface area contributed by atoms with Crippen molar-refractivity contribution in [1.29, 1.82) is 0 Å². The Labute approximate surface area is 127 Å². The highest BCUT2D eigenvalue weighted by atomic mass is 32.2. The number of hydrogen-bond donors (Lipinski definition) is 1. The number of hydrogen-bond acceptors (Lipinski definition) is 3. The Balaban J connectivity index is 1.90. The number of nitrogens with one attached hydrogen (secondary N) is 1. The summed E-state index contributed by atoms with van der Waals surface area (Å²) in [6, 6.07) is 5.84. The van der Waals surface area contributed by atoms with Gasteiger partial charge in [-0.1, -0.05) is 13.0 Å². The van der Waals surface area contributed by atoms with Crippen molar-refractivity contribution in [3.8, 4) is 0 Å². The molecule has 0 aromatic heterocycles. The van der Waals surface area contributed by atoms with Gasteiger partial charge in [-0.25, -0.2) is 8.42 Å². The van der Waals surface area contributed by atoms with E-state index in [1.54, 1.807) is 10.4 Å². The SMILES string of the molecule is CCN(C1CCNCC1)S(=O)(=O)c1ccc2c(c1)CCC2. The highest BCUT2D eigenvalue weighted by Crippen LogP contribution is 2.28. The maximum Gasteiger partial charge on any atom is 0.243 e. The molecule has 0 unspecified atom stereocenters. The molecule has 1 aliphatic heterocycles. The third kappa shape index (κ3) is 2.87. The van der Waals surface area contributed by atoms with Gasteiger partial charge < -0.3 is 5.32 Å². The summed E-state index contributed by atoms with van der Waals surface area (Å²) in [5, 5.41) is 3.30. The Hall–Kier alpha value is -0.910. The number of fused-ring (bicyclic) bond motifs is 1. The summed E-state index contributed by atoms with van der Waals surface area (Å²) in [5.74, 6) is 0. The van der Waals surface area contributed by atoms with Gasteiger partial charge in [0.1, 0.15) is 0 Å². The minimum Gasteiger partial charge on any atom is -0.317 e. The summed E-state index contributed by atoms with van der Waals surface area (Å²) >= 11 is 0. The van der Waals surface area contributed by atoms with Crippen molar-refractivity contribution < 1.29 is 8.42 Å². The standard InChI is InChI=1S/C16H24N2O2S/c1-2-18(15-8-10-17-11-9-15)21(19,20)16-7-6-13-4-3-5-14(13)12-16/h6-7,12,15,17H,2-5,8-11H2,1H3. The zero-order chi connectivity index (χ0) is 14.9. The van der Waals surface area contributed by atoms with E-state index in [2.05, 4.69) is 5.32 Å². The average Bonchev–Trinajstić information content (AvgIpc) is 2.96. The fourth-order valence-corrected chi connectivity index (χ4v) is 5.31. The Morgan fingerprint density at radius 3 is 2.62 bits per heavy atom. The van der Waals surface area contributed by atoms with E-state index < -0.39 is 10.0 Å². The molecule has 1 fully saturated rings. The Morgan fingerprint density at radius 1 is 1.19 bits per heavy atom. The molecule has 0 saturated carbocycles. The fraction of sp³-hybridized carbons (Fsp3) is 0.625. The van der Waals surface area contributed by atoms with Gasteiger partial charge in [0.15, 0.2) is 0 Å². The molecule has 1 N–H and O–H groups in total. The zero-order valence-electron chi connectivity index (χ0n) is 12.6. The molecule has 1 heterocycles. The van der Waals surface area contributed by atoms with E-state index >= 15 is 0 Å². The first-order valence-corrected chi connectivity index (χ1v) is 9.41. The van der Waals surface area contributed by atoms with Crippen molar-refractivity contribution in [2.45, 2.75) is 50.0 Å². The van der Waals surface area contributed by atoms with E-state index in [0.717, 1.165) is 45.2 Å². The summed E-state index contributed by atoms with van der Waals surface area (Å²) < 4.78 is 27.6. The van der Waals surface area contributed by atoms with E-state index in [0.29, 0.717) is 11.4 Å². The summed E-state index contributed by atoms with van der Waals surface area (Å²) in [7, 11) is -3.37. The lowest BCUT2D eigenvalue weighted by molar-refractivity contribution is 0.271. The van der Waals surface area contributed by atoms with Crippen LogP contribution in [0, 0.1) is 0 Å². The lowest BCUT2D eigenvalue weighted by Crippen LogP contribution is -2.45. The van der Waals surface area contributed by atoms with Crippen LogP contribution < -0.4 is 5.32 Å². The quantitative estimate of drug-likeness (QED) is 0.925. The smallest absolute Gasteiger partial charge is 0.243 e. The predicted octanol–water partition coefficient (Wildman–Crippen LogP) is 1.94. The molecule has 1 aromatic rings. The van der Waals surface area contributed by atoms with Crippen LogP contribution in [-0.4, -0.2) is 38.4 Å². The van der Waals surface area contributed by atoms with Gasteiger partial charge in [-0.05, 0) is 68.5 Å². The first kappa shape index (κ1) is 15.0. The van der Waals surface area contributed by atoms with Crippen LogP contribution in [0.3, 0.4) is 0 Å². The van der Waals surface area contributed by atoms with Gasteiger partial charge in [-0.2, -0.15) is 4.31 Å². The zero-order valence-corrected chi connectivity index (χ0v) is 13.5. The van der Waals surface area contributed by atoms with Crippen molar-refractivity contribution in [1.82, 2.24) is 9.62 Å². The number of benzene rings is 1. The largest absolute Gasteiger partial charge is 0.317 e. The predicted molar refractivity (Wildman–Crippen MR) is 83.9 cm³/mol. The molecule has 0 atom stereocenters. The number of sulfonamides is 1. The monoisotopic (exact) mass is 308 g/mol. The first-order valence-electron chi connectivity index (χ1n) is 7.97. The van der Waals surface area contributed by atoms with Crippen LogP contribution in [0.4, 0.5) is 0 Å². The Kier molecular flexibility index (Phi) is 4.33. The average molecular weight is 308 g/mol. The molecule has 0 amide bonds. The van der Waals surface area contributed by atoms with E-state index in [9.17, 15) is 8.42 Å². The third-order valence-electron chi connectivity index (χ3n) is 4.70. The number of aryl methyl sites for hydroxylation is 2. The molecule has 116 valence electrons. The molecule has 21 heavy (non-hydrogen) atoms. The lowest BCUT2D eigenvalue weighted by atomic mass is 10.1. The number of nitrogens with zero attached hydrogens (tertiary/aromatic N) is 1. The normalized spacial score (nSPS) is 19.9. The second kappa shape index (κ2) is 6.07. The minimum atomic E-state index is -3.37. The molecular weight excluding hydrogens is 284 g/mol. The van der Waals surface area contributed by atoms with Gasteiger partial charge in [0, 0.05) is 12.6 Å². The highest BCUT2D eigenvalue weighted by molar-refractivity contribution is 7.89. The van der Waals surface area contributed by atoms with Gasteiger partial charge in [-0.15, -0.1) is 0 Å². The molecule has 1 aromatic carbocycles. The van der Waals surface area contributed by atoms with Gasteiger partial charge >= 0.3 is 0 Å². The molecule has 0 radical (unpaired) electrons. The van der Waals surface area contributed by atoms with Crippen LogP contribution in [0.5, 0.6) is 0 Å². The van der Waals surface area contributed by atoms with Crippen molar-refractivity contribution in [3.05, 3.63) is 29.3 Å². The van der Waals surface area contributed by atoms with Gasteiger partial charge in [0.05, 0.1) is 4.90 Å². The number of piperidine rings is 1. The van der Waals surface area contributed by atoms with Crippen molar-refractivity contribution in [2.24, 2.45) is 0 Å². The van der Waals surface area contributed by atoms with Crippen LogP contribution >= 0.6 is 0 Å². The molecule has 0 bridgehead atoms. The maximum atomic E-state index is 13.0. The molecular formula is C16H24N2O2S. The van der Waals surface area contributed by atoms with Crippen molar-refractivity contribution >= 4 is 10.0 Å². The molecule has 0 spiro atoms. The van der Waals surface area contributed by atoms with Crippen molar-refractivity contribution in [2.75, 3.05) is 19.6 Å². The van der Waals surface area contributed by atoms with E-state index in [1.165, 1.54) is 11.1 Å². The summed E-state index contributed by atoms with van der Waals surface area (Å²) in [4.78, 5) is 0.475. The molecule has 4 nitrogen and oxygen atoms in total. The second-order valence-electron chi connectivity index (χ2n) is 5.97. The molecule has 1 aliphatic carbocycles. The van der Waals surface area contributed by atoms with Crippen LogP contribution in [0.15, 0.2) is 23.1 Å². The second-order valence-corrected chi connectivity index (χ2v) is 7.86. The lowest BCUT2D eigenvalue weighted by Gasteiger charge is -2.33. The molecule has 3 rings (SSSR count). The van der Waals surface area contributed by atoms with Crippen molar-refractivity contribution in [3.63, 3.8) is 0 Å². The van der Waals surface area contributed by atoms with Crippen LogP contribution in [0.25, 0.3) is 0 Å². The topological polar surface area (TPSA) is 49.4 Å².